The molecule has 1 atom stereocenters. The summed E-state index contributed by atoms with van der Waals surface area (Å²) in [6.07, 6.45) is 5.15. The van der Waals surface area contributed by atoms with Gasteiger partial charge in [-0.1, -0.05) is 54.9 Å². The van der Waals surface area contributed by atoms with Crippen molar-refractivity contribution < 1.29 is 4.79 Å². The Labute approximate surface area is 202 Å². The van der Waals surface area contributed by atoms with Crippen molar-refractivity contribution in [1.29, 1.82) is 0 Å². The Balaban J connectivity index is 1.34. The van der Waals surface area contributed by atoms with Crippen LogP contribution in [-0.4, -0.2) is 31.0 Å². The van der Waals surface area contributed by atoms with E-state index in [1.54, 1.807) is 15.4 Å². The van der Waals surface area contributed by atoms with E-state index in [-0.39, 0.29) is 23.9 Å². The average Bonchev–Trinajstić information content (AvgIpc) is 3.44. The van der Waals surface area contributed by atoms with E-state index < -0.39 is 0 Å². The molecule has 3 heterocycles. The van der Waals surface area contributed by atoms with Crippen LogP contribution in [0.15, 0.2) is 64.7 Å². The van der Waals surface area contributed by atoms with Crippen molar-refractivity contribution >= 4 is 34.4 Å². The number of carbonyl (C=O) groups excluding carboxylic acids is 1. The molecule has 1 amide bonds. The smallest absolute Gasteiger partial charge is 0.265 e. The molecule has 0 bridgehead atoms. The lowest BCUT2D eigenvalue weighted by molar-refractivity contribution is -0.116. The van der Waals surface area contributed by atoms with Gasteiger partial charge >= 0.3 is 0 Å². The van der Waals surface area contributed by atoms with E-state index in [0.717, 1.165) is 36.2 Å². The first kappa shape index (κ1) is 22.4. The predicted octanol–water partition coefficient (Wildman–Crippen LogP) is 4.91. The highest BCUT2D eigenvalue weighted by atomic mass is 32.2. The van der Waals surface area contributed by atoms with Crippen LogP contribution in [0.25, 0.3) is 16.7 Å². The van der Waals surface area contributed by atoms with E-state index in [1.807, 2.05) is 43.3 Å². The molecule has 4 aromatic rings. The van der Waals surface area contributed by atoms with Crippen molar-refractivity contribution in [3.05, 3.63) is 76.2 Å². The van der Waals surface area contributed by atoms with Crippen LogP contribution in [-0.2, 0) is 11.2 Å². The molecule has 34 heavy (non-hydrogen) atoms. The van der Waals surface area contributed by atoms with Crippen molar-refractivity contribution in [1.82, 2.24) is 19.3 Å². The monoisotopic (exact) mass is 473 g/mol. The average molecular weight is 474 g/mol. The maximum absolute atomic E-state index is 13.3. The van der Waals surface area contributed by atoms with E-state index >= 15 is 0 Å². The first-order chi connectivity index (χ1) is 16.5. The summed E-state index contributed by atoms with van der Waals surface area (Å²) >= 11 is 1.50. The van der Waals surface area contributed by atoms with E-state index in [0.29, 0.717) is 21.9 Å². The fourth-order valence-corrected chi connectivity index (χ4v) is 5.35. The Morgan fingerprint density at radius 2 is 1.91 bits per heavy atom. The Morgan fingerprint density at radius 3 is 2.65 bits per heavy atom. The summed E-state index contributed by atoms with van der Waals surface area (Å²) < 4.78 is 3.35. The van der Waals surface area contributed by atoms with Crippen LogP contribution >= 0.6 is 11.8 Å². The number of nitrogens with one attached hydrogen (secondary N) is 1. The number of carbonyl (C=O) groups is 1. The predicted molar refractivity (Wildman–Crippen MR) is 136 cm³/mol. The van der Waals surface area contributed by atoms with Crippen molar-refractivity contribution in [3.8, 4) is 5.69 Å². The second kappa shape index (κ2) is 9.46. The molecule has 0 saturated carbocycles. The van der Waals surface area contributed by atoms with Crippen LogP contribution in [0.4, 0.5) is 5.69 Å². The van der Waals surface area contributed by atoms with Crippen molar-refractivity contribution in [2.24, 2.45) is 0 Å². The Hall–Kier alpha value is -3.39. The van der Waals surface area contributed by atoms with Crippen LogP contribution in [0, 0.1) is 6.92 Å². The number of thioether (sulfide) groups is 1. The lowest BCUT2D eigenvalue weighted by Crippen LogP contribution is -2.27. The van der Waals surface area contributed by atoms with Crippen LogP contribution in [0.2, 0.25) is 0 Å². The molecule has 1 N–H and O–H groups in total. The lowest BCUT2D eigenvalue weighted by atomic mass is 10.1. The number of benzene rings is 2. The molecule has 0 fully saturated rings. The molecular weight excluding hydrogens is 446 g/mol. The van der Waals surface area contributed by atoms with Gasteiger partial charge in [-0.25, -0.2) is 9.67 Å². The van der Waals surface area contributed by atoms with E-state index in [2.05, 4.69) is 29.5 Å². The number of amides is 1. The van der Waals surface area contributed by atoms with Crippen molar-refractivity contribution in [3.63, 3.8) is 0 Å². The zero-order chi connectivity index (χ0) is 23.7. The fraction of sp³-hybridized carbons (Fsp3) is 0.308. The number of rotatable bonds is 7. The van der Waals surface area contributed by atoms with Gasteiger partial charge in [-0.15, -0.1) is 0 Å². The molecule has 1 aliphatic heterocycles. The molecule has 2 aromatic carbocycles. The molecule has 1 aliphatic rings. The van der Waals surface area contributed by atoms with Gasteiger partial charge < -0.3 is 5.32 Å². The van der Waals surface area contributed by atoms with Gasteiger partial charge in [0.05, 0.1) is 17.9 Å². The number of unbranched alkanes of at least 4 members (excludes halogenated alkanes) is 1. The first-order valence-electron chi connectivity index (χ1n) is 11.6. The second-order valence-corrected chi connectivity index (χ2v) is 9.70. The summed E-state index contributed by atoms with van der Waals surface area (Å²) in [5, 5.41) is 8.47. The number of anilines is 1. The van der Waals surface area contributed by atoms with Crippen molar-refractivity contribution in [2.75, 3.05) is 11.1 Å². The van der Waals surface area contributed by atoms with Crippen LogP contribution in [0.5, 0.6) is 0 Å². The van der Waals surface area contributed by atoms with E-state index in [1.165, 1.54) is 17.3 Å². The number of fused-ring (bicyclic) bond motifs is 2. The Kier molecular flexibility index (Phi) is 6.24. The third-order valence-electron chi connectivity index (χ3n) is 6.13. The highest BCUT2D eigenvalue weighted by Gasteiger charge is 2.29. The third-order valence-corrected chi connectivity index (χ3v) is 7.22. The zero-order valence-corrected chi connectivity index (χ0v) is 20.1. The maximum Gasteiger partial charge on any atom is 0.265 e. The normalized spacial score (nSPS) is 14.9. The van der Waals surface area contributed by atoms with Crippen LogP contribution < -0.4 is 10.9 Å². The van der Waals surface area contributed by atoms with Gasteiger partial charge in [-0.3, -0.25) is 14.2 Å². The minimum Gasteiger partial charge on any atom is -0.326 e. The highest BCUT2D eigenvalue weighted by molar-refractivity contribution is 7.99. The van der Waals surface area contributed by atoms with Gasteiger partial charge in [-0.2, -0.15) is 5.10 Å². The van der Waals surface area contributed by atoms with Gasteiger partial charge in [0.1, 0.15) is 5.39 Å². The zero-order valence-electron chi connectivity index (χ0n) is 19.3. The van der Waals surface area contributed by atoms with Crippen molar-refractivity contribution in [2.45, 2.75) is 50.7 Å². The number of hydrogen-bond acceptors (Lipinski definition) is 5. The summed E-state index contributed by atoms with van der Waals surface area (Å²) in [5.74, 6) is 0.526. The lowest BCUT2D eigenvalue weighted by Gasteiger charge is -2.14. The van der Waals surface area contributed by atoms with Gasteiger partial charge in [-0.05, 0) is 49.6 Å². The Morgan fingerprint density at radius 1 is 1.15 bits per heavy atom. The minimum atomic E-state index is -0.240. The first-order valence-corrected chi connectivity index (χ1v) is 12.6. The molecule has 1 unspecified atom stereocenters. The number of hydrogen-bond donors (Lipinski definition) is 1. The third kappa shape index (κ3) is 4.37. The number of aryl methyl sites for hydroxylation is 2. The van der Waals surface area contributed by atoms with Crippen LogP contribution in [0.1, 0.15) is 43.4 Å². The quantitative estimate of drug-likeness (QED) is 0.386. The van der Waals surface area contributed by atoms with E-state index in [4.69, 9.17) is 4.98 Å². The Bertz CT molecular complexity index is 1390. The van der Waals surface area contributed by atoms with E-state index in [9.17, 15) is 9.59 Å². The van der Waals surface area contributed by atoms with Crippen LogP contribution in [0.3, 0.4) is 0 Å². The molecule has 2 aromatic heterocycles. The molecule has 5 rings (SSSR count). The topological polar surface area (TPSA) is 81.8 Å². The molecule has 8 heteroatoms. The van der Waals surface area contributed by atoms with Gasteiger partial charge in [0.2, 0.25) is 5.91 Å². The second-order valence-electron chi connectivity index (χ2n) is 8.72. The molecular formula is C26H27N5O2S. The SMILES string of the molecule is CCCCc1ccc(NC(=O)CC2CSc3nc4c(cnn4-c4ccc(C)cc4)c(=O)n32)cc1. The summed E-state index contributed by atoms with van der Waals surface area (Å²) in [7, 11) is 0. The summed E-state index contributed by atoms with van der Waals surface area (Å²) in [5.41, 5.74) is 4.45. The molecule has 0 spiro atoms. The molecule has 7 nitrogen and oxygen atoms in total. The van der Waals surface area contributed by atoms with Gasteiger partial charge in [0.25, 0.3) is 5.56 Å². The number of aromatic nitrogens is 4. The largest absolute Gasteiger partial charge is 0.326 e. The maximum atomic E-state index is 13.3. The van der Waals surface area contributed by atoms with Gasteiger partial charge in [0, 0.05) is 17.9 Å². The highest BCUT2D eigenvalue weighted by Crippen LogP contribution is 2.33. The molecule has 174 valence electrons. The molecule has 0 aliphatic carbocycles. The summed E-state index contributed by atoms with van der Waals surface area (Å²) in [4.78, 5) is 30.8. The molecule has 0 saturated heterocycles. The summed E-state index contributed by atoms with van der Waals surface area (Å²) in [6, 6.07) is 15.7. The van der Waals surface area contributed by atoms with Gasteiger partial charge in [0.15, 0.2) is 10.8 Å². The molecule has 0 radical (unpaired) electrons. The summed E-state index contributed by atoms with van der Waals surface area (Å²) in [6.45, 7) is 4.20. The standard InChI is InChI=1S/C26H27N5O2S/c1-3-4-5-18-8-10-19(11-9-18)28-23(32)14-21-16-34-26-29-24-22(25(33)30(21)26)15-27-31(24)20-12-6-17(2)7-13-20/h6-13,15,21H,3-5,14,16H2,1-2H3,(H,28,32). The fourth-order valence-electron chi connectivity index (χ4n) is 4.22. The number of nitrogens with zero attached hydrogens (tertiary/aromatic N) is 4. The minimum absolute atomic E-state index is 0.109.